The van der Waals surface area contributed by atoms with E-state index in [1.165, 1.54) is 11.4 Å². The molecular formula is C24H27NO. The van der Waals surface area contributed by atoms with Gasteiger partial charge in [0.15, 0.2) is 5.78 Å². The molecule has 1 unspecified atom stereocenters. The fourth-order valence-electron chi connectivity index (χ4n) is 4.56. The molecule has 0 bridgehead atoms. The topological polar surface area (TPSA) is 20.3 Å². The number of hydrogen-bond acceptors (Lipinski definition) is 2. The number of benzene rings is 1. The molecule has 0 spiro atoms. The Kier molecular flexibility index (Phi) is 4.44. The van der Waals surface area contributed by atoms with E-state index in [9.17, 15) is 4.79 Å². The van der Waals surface area contributed by atoms with Crippen LogP contribution in [0, 0.1) is 5.92 Å². The van der Waals surface area contributed by atoms with Gasteiger partial charge in [0.1, 0.15) is 0 Å². The van der Waals surface area contributed by atoms with Gasteiger partial charge in [-0.15, -0.1) is 0 Å². The molecule has 0 N–H and O–H groups in total. The lowest BCUT2D eigenvalue weighted by Crippen LogP contribution is -2.45. The van der Waals surface area contributed by atoms with Crippen LogP contribution in [0.3, 0.4) is 0 Å². The number of fused-ring (bicyclic) bond motifs is 2. The molecule has 134 valence electrons. The number of unbranched alkanes of at least 4 members (excludes halogenated alkanes) is 1. The third-order valence-corrected chi connectivity index (χ3v) is 5.97. The van der Waals surface area contributed by atoms with Crippen LogP contribution in [0.2, 0.25) is 0 Å². The zero-order valence-electron chi connectivity index (χ0n) is 15.7. The highest BCUT2D eigenvalue weighted by molar-refractivity contribution is 5.96. The van der Waals surface area contributed by atoms with Gasteiger partial charge in [-0.25, -0.2) is 0 Å². The Morgan fingerprint density at radius 3 is 2.81 bits per heavy atom. The van der Waals surface area contributed by atoms with Crippen LogP contribution in [0.15, 0.2) is 72.0 Å². The zero-order valence-corrected chi connectivity index (χ0v) is 15.7. The highest BCUT2D eigenvalue weighted by Crippen LogP contribution is 2.50. The maximum Gasteiger partial charge on any atom is 0.162 e. The molecule has 0 amide bonds. The Morgan fingerprint density at radius 2 is 2.04 bits per heavy atom. The van der Waals surface area contributed by atoms with Gasteiger partial charge in [-0.05, 0) is 62.1 Å². The standard InChI is InChI=1S/C24H27NO/c1-3-4-12-23(26)18-13-15-19(16-14-18)25-22-11-6-5-9-20(22)21-10-7-8-17-24(21,25)2/h6-8,10-11,13-17,21H,3-5,9,12H2,1-2H3/t21?,24-/m1/s1. The van der Waals surface area contributed by atoms with Gasteiger partial charge in [0.25, 0.3) is 0 Å². The third kappa shape index (κ3) is 2.68. The second kappa shape index (κ2) is 6.75. The van der Waals surface area contributed by atoms with E-state index < -0.39 is 0 Å². The molecule has 0 aromatic heterocycles. The number of Topliss-reactive ketones (excluding diaryl/α,β-unsaturated/α-hetero) is 1. The van der Waals surface area contributed by atoms with Gasteiger partial charge in [-0.3, -0.25) is 4.79 Å². The van der Waals surface area contributed by atoms with Crippen molar-refractivity contribution in [2.75, 3.05) is 4.90 Å². The SMILES string of the molecule is CCCCC(=O)c1ccc(N2C3=C(CCC=C3)C3C=CC=C[C@]32C)cc1. The summed E-state index contributed by atoms with van der Waals surface area (Å²) in [5, 5.41) is 0. The Labute approximate surface area is 156 Å². The van der Waals surface area contributed by atoms with Gasteiger partial charge >= 0.3 is 0 Å². The molecule has 26 heavy (non-hydrogen) atoms. The summed E-state index contributed by atoms with van der Waals surface area (Å²) < 4.78 is 0. The van der Waals surface area contributed by atoms with Gasteiger partial charge in [-0.2, -0.15) is 0 Å². The summed E-state index contributed by atoms with van der Waals surface area (Å²) in [5.74, 6) is 0.681. The molecule has 4 rings (SSSR count). The van der Waals surface area contributed by atoms with E-state index in [4.69, 9.17) is 0 Å². The van der Waals surface area contributed by atoms with Gasteiger partial charge in [0.2, 0.25) is 0 Å². The molecule has 1 aliphatic heterocycles. The molecular weight excluding hydrogens is 318 g/mol. The number of carbonyl (C=O) groups is 1. The van der Waals surface area contributed by atoms with E-state index in [1.54, 1.807) is 5.57 Å². The Balaban J connectivity index is 1.69. The molecule has 3 aliphatic rings. The average Bonchev–Trinajstić information content (AvgIpc) is 2.94. The lowest BCUT2D eigenvalue weighted by atomic mass is 9.78. The fourth-order valence-corrected chi connectivity index (χ4v) is 4.56. The van der Waals surface area contributed by atoms with E-state index in [1.807, 2.05) is 12.1 Å². The summed E-state index contributed by atoms with van der Waals surface area (Å²) >= 11 is 0. The fraction of sp³-hybridized carbons (Fsp3) is 0.375. The normalized spacial score (nSPS) is 26.2. The van der Waals surface area contributed by atoms with Crippen molar-refractivity contribution in [2.45, 2.75) is 51.5 Å². The van der Waals surface area contributed by atoms with Crippen molar-refractivity contribution in [1.82, 2.24) is 0 Å². The Bertz CT molecular complexity index is 824. The molecule has 2 aliphatic carbocycles. The van der Waals surface area contributed by atoms with Crippen LogP contribution >= 0.6 is 0 Å². The van der Waals surface area contributed by atoms with Crippen molar-refractivity contribution >= 4 is 11.5 Å². The van der Waals surface area contributed by atoms with Gasteiger partial charge in [0.05, 0.1) is 5.54 Å². The van der Waals surface area contributed by atoms with Gasteiger partial charge in [-0.1, -0.05) is 43.7 Å². The highest BCUT2D eigenvalue weighted by atomic mass is 16.1. The predicted octanol–water partition coefficient (Wildman–Crippen LogP) is 5.98. The molecule has 2 atom stereocenters. The van der Waals surface area contributed by atoms with Crippen LogP contribution in [-0.4, -0.2) is 11.3 Å². The molecule has 1 aromatic carbocycles. The molecule has 0 fully saturated rings. The van der Waals surface area contributed by atoms with E-state index in [0.29, 0.717) is 12.3 Å². The average molecular weight is 345 g/mol. The second-order valence-electron chi connectivity index (χ2n) is 7.71. The minimum absolute atomic E-state index is 0.0676. The van der Waals surface area contributed by atoms with E-state index in [0.717, 1.165) is 31.2 Å². The Morgan fingerprint density at radius 1 is 1.23 bits per heavy atom. The van der Waals surface area contributed by atoms with Crippen molar-refractivity contribution in [3.8, 4) is 0 Å². The molecule has 0 radical (unpaired) electrons. The smallest absolute Gasteiger partial charge is 0.162 e. The Hall–Kier alpha value is -2.35. The van der Waals surface area contributed by atoms with Crippen LogP contribution in [0.5, 0.6) is 0 Å². The lowest BCUT2D eigenvalue weighted by molar-refractivity contribution is 0.0980. The molecule has 1 heterocycles. The maximum atomic E-state index is 12.3. The number of anilines is 1. The van der Waals surface area contributed by atoms with E-state index >= 15 is 0 Å². The van der Waals surface area contributed by atoms with E-state index in [2.05, 4.69) is 67.3 Å². The largest absolute Gasteiger partial charge is 0.331 e. The molecule has 2 nitrogen and oxygen atoms in total. The van der Waals surface area contributed by atoms with Crippen LogP contribution in [-0.2, 0) is 0 Å². The number of nitrogens with zero attached hydrogens (tertiary/aromatic N) is 1. The summed E-state index contributed by atoms with van der Waals surface area (Å²) in [6, 6.07) is 8.23. The predicted molar refractivity (Wildman–Crippen MR) is 108 cm³/mol. The first-order chi connectivity index (χ1) is 12.6. The van der Waals surface area contributed by atoms with Crippen LogP contribution in [0.4, 0.5) is 5.69 Å². The number of ketones is 1. The van der Waals surface area contributed by atoms with Crippen molar-refractivity contribution in [1.29, 1.82) is 0 Å². The quantitative estimate of drug-likeness (QED) is 0.611. The summed E-state index contributed by atoms with van der Waals surface area (Å²) in [4.78, 5) is 14.8. The van der Waals surface area contributed by atoms with Crippen LogP contribution < -0.4 is 4.90 Å². The van der Waals surface area contributed by atoms with Gasteiger partial charge < -0.3 is 4.90 Å². The molecule has 2 heteroatoms. The number of rotatable bonds is 5. The number of hydrogen-bond donors (Lipinski definition) is 0. The van der Waals surface area contributed by atoms with Crippen molar-refractivity contribution in [2.24, 2.45) is 5.92 Å². The minimum atomic E-state index is -0.0676. The first-order valence-corrected chi connectivity index (χ1v) is 9.84. The molecule has 0 saturated carbocycles. The number of carbonyl (C=O) groups excluding carboxylic acids is 1. The molecule has 0 saturated heterocycles. The summed E-state index contributed by atoms with van der Waals surface area (Å²) in [6.45, 7) is 4.44. The first kappa shape index (κ1) is 17.1. The van der Waals surface area contributed by atoms with Gasteiger partial charge in [0, 0.05) is 29.3 Å². The maximum absolute atomic E-state index is 12.3. The van der Waals surface area contributed by atoms with Crippen molar-refractivity contribution in [3.63, 3.8) is 0 Å². The second-order valence-corrected chi connectivity index (χ2v) is 7.71. The highest BCUT2D eigenvalue weighted by Gasteiger charge is 2.47. The van der Waals surface area contributed by atoms with E-state index in [-0.39, 0.29) is 11.3 Å². The monoisotopic (exact) mass is 345 g/mol. The van der Waals surface area contributed by atoms with Crippen LogP contribution in [0.25, 0.3) is 0 Å². The zero-order chi connectivity index (χ0) is 18.1. The first-order valence-electron chi connectivity index (χ1n) is 9.84. The third-order valence-electron chi connectivity index (χ3n) is 5.97. The minimum Gasteiger partial charge on any atom is -0.331 e. The number of allylic oxidation sites excluding steroid dienone is 4. The molecule has 1 aromatic rings. The lowest BCUT2D eigenvalue weighted by Gasteiger charge is -2.40. The summed E-state index contributed by atoms with van der Waals surface area (Å²) in [6.07, 6.45) is 18.5. The van der Waals surface area contributed by atoms with Crippen molar-refractivity contribution < 1.29 is 4.79 Å². The van der Waals surface area contributed by atoms with Crippen molar-refractivity contribution in [3.05, 3.63) is 77.6 Å². The summed E-state index contributed by atoms with van der Waals surface area (Å²) in [7, 11) is 0. The summed E-state index contributed by atoms with van der Waals surface area (Å²) in [5.41, 5.74) is 4.81. The van der Waals surface area contributed by atoms with Crippen LogP contribution in [0.1, 0.15) is 56.3 Å².